The van der Waals surface area contributed by atoms with Crippen LogP contribution in [0.5, 0.6) is 0 Å². The molecule has 0 spiro atoms. The van der Waals surface area contributed by atoms with Gasteiger partial charge in [-0.15, -0.1) is 0 Å². The molecule has 4 aliphatic rings. The summed E-state index contributed by atoms with van der Waals surface area (Å²) in [6, 6.07) is 4.32. The Morgan fingerprint density at radius 1 is 1.22 bits per heavy atom. The number of amidine groups is 1. The molecule has 5 rings (SSSR count). The number of piperazine rings is 1. The third kappa shape index (κ3) is 5.22. The van der Waals surface area contributed by atoms with E-state index in [1.807, 2.05) is 12.3 Å². The fourth-order valence-corrected chi connectivity index (χ4v) is 6.43. The van der Waals surface area contributed by atoms with E-state index in [-0.39, 0.29) is 23.9 Å². The van der Waals surface area contributed by atoms with E-state index in [1.165, 1.54) is 11.3 Å². The zero-order valence-corrected chi connectivity index (χ0v) is 22.5. The Morgan fingerprint density at radius 3 is 2.81 bits per heavy atom. The normalized spacial score (nSPS) is 26.6. The predicted octanol–water partition coefficient (Wildman–Crippen LogP) is 1.44. The first-order valence-corrected chi connectivity index (χ1v) is 14.8. The molecule has 0 radical (unpaired) electrons. The fraction of sp³-hybridized carbons (Fsp3) is 0.615. The summed E-state index contributed by atoms with van der Waals surface area (Å²) in [5.41, 5.74) is 2.52. The maximum Gasteiger partial charge on any atom is 0.211 e. The number of rotatable bonds is 8. The molecule has 1 fully saturated rings. The predicted molar refractivity (Wildman–Crippen MR) is 143 cm³/mol. The van der Waals surface area contributed by atoms with Crippen molar-refractivity contribution in [3.63, 3.8) is 0 Å². The van der Waals surface area contributed by atoms with Crippen LogP contribution >= 0.6 is 0 Å². The molecule has 10 heteroatoms. The minimum Gasteiger partial charge on any atom is -0.355 e. The Hall–Kier alpha value is -2.27. The lowest BCUT2D eigenvalue weighted by molar-refractivity contribution is 0.141. The fourth-order valence-electron chi connectivity index (χ4n) is 5.81. The van der Waals surface area contributed by atoms with Gasteiger partial charge >= 0.3 is 0 Å². The molecule has 1 aromatic rings. The van der Waals surface area contributed by atoms with Gasteiger partial charge in [0.05, 0.1) is 29.6 Å². The van der Waals surface area contributed by atoms with Crippen molar-refractivity contribution in [3.8, 4) is 0 Å². The molecule has 1 aliphatic carbocycles. The van der Waals surface area contributed by atoms with Crippen LogP contribution in [-0.4, -0.2) is 110 Å². The summed E-state index contributed by atoms with van der Waals surface area (Å²) in [6.07, 6.45) is 11.5. The standard InChI is InChI=1S/C26H39N7O2S/c1-4-36(34,35)28-18-23-21(19-31(3)22-10-5-8-20-9-7-13-27-26(20)22)29-24-11-6-12-25(33(23)24)32-16-14-30(2)15-17-32/h6-7,9,11-13,21-23,28H,4-5,8,10,14-19H2,1-3H3/t21?,22-,23?/m0/s1. The second-order valence-electron chi connectivity index (χ2n) is 10.3. The molecule has 36 heavy (non-hydrogen) atoms. The highest BCUT2D eigenvalue weighted by Gasteiger charge is 2.41. The summed E-state index contributed by atoms with van der Waals surface area (Å²) in [5, 5.41) is 0. The van der Waals surface area contributed by atoms with Crippen molar-refractivity contribution in [3.05, 3.63) is 53.6 Å². The molecule has 3 atom stereocenters. The Labute approximate surface area is 215 Å². The molecule has 1 saturated heterocycles. The largest absolute Gasteiger partial charge is 0.355 e. The number of aryl methyl sites for hydroxylation is 1. The van der Waals surface area contributed by atoms with Crippen molar-refractivity contribution in [2.24, 2.45) is 4.99 Å². The number of sulfonamides is 1. The molecule has 9 nitrogen and oxygen atoms in total. The Balaban J connectivity index is 1.39. The Kier molecular flexibility index (Phi) is 7.48. The highest BCUT2D eigenvalue weighted by molar-refractivity contribution is 7.89. The lowest BCUT2D eigenvalue weighted by Gasteiger charge is -2.42. The van der Waals surface area contributed by atoms with Gasteiger partial charge in [-0.2, -0.15) is 0 Å². The second kappa shape index (κ2) is 10.6. The van der Waals surface area contributed by atoms with Crippen LogP contribution in [0, 0.1) is 0 Å². The molecule has 1 N–H and O–H groups in total. The van der Waals surface area contributed by atoms with Gasteiger partial charge in [0.2, 0.25) is 10.0 Å². The number of likely N-dealkylation sites (N-methyl/N-ethyl adjacent to an activating group) is 2. The van der Waals surface area contributed by atoms with Gasteiger partial charge in [-0.3, -0.25) is 14.9 Å². The molecule has 0 amide bonds. The topological polar surface area (TPSA) is 84.4 Å². The molecular formula is C26H39N7O2S. The zero-order valence-electron chi connectivity index (χ0n) is 21.7. The van der Waals surface area contributed by atoms with Crippen molar-refractivity contribution >= 4 is 15.9 Å². The maximum atomic E-state index is 12.4. The summed E-state index contributed by atoms with van der Waals surface area (Å²) in [6.45, 7) is 6.66. The molecule has 2 unspecified atom stereocenters. The number of aliphatic imine (C=N–C) groups is 1. The first-order chi connectivity index (χ1) is 17.4. The number of nitrogens with one attached hydrogen (secondary N) is 1. The third-order valence-electron chi connectivity index (χ3n) is 7.95. The van der Waals surface area contributed by atoms with Gasteiger partial charge in [-0.1, -0.05) is 12.1 Å². The number of allylic oxidation sites excluding steroid dienone is 2. The van der Waals surface area contributed by atoms with Gasteiger partial charge in [-0.25, -0.2) is 13.1 Å². The maximum absolute atomic E-state index is 12.4. The van der Waals surface area contributed by atoms with E-state index in [1.54, 1.807) is 6.92 Å². The first kappa shape index (κ1) is 25.4. The molecule has 0 aromatic carbocycles. The van der Waals surface area contributed by atoms with Crippen LogP contribution < -0.4 is 4.72 Å². The van der Waals surface area contributed by atoms with E-state index in [4.69, 9.17) is 9.98 Å². The van der Waals surface area contributed by atoms with Crippen molar-refractivity contribution in [2.45, 2.75) is 44.3 Å². The van der Waals surface area contributed by atoms with E-state index in [9.17, 15) is 8.42 Å². The number of hydrogen-bond acceptors (Lipinski definition) is 8. The van der Waals surface area contributed by atoms with Gasteiger partial charge in [0, 0.05) is 45.5 Å². The van der Waals surface area contributed by atoms with E-state index >= 15 is 0 Å². The minimum atomic E-state index is -3.32. The lowest BCUT2D eigenvalue weighted by Crippen LogP contribution is -2.54. The first-order valence-electron chi connectivity index (χ1n) is 13.2. The summed E-state index contributed by atoms with van der Waals surface area (Å²) in [7, 11) is 0.998. The smallest absolute Gasteiger partial charge is 0.211 e. The van der Waals surface area contributed by atoms with Gasteiger partial charge in [0.1, 0.15) is 11.7 Å². The lowest BCUT2D eigenvalue weighted by atomic mass is 9.90. The summed E-state index contributed by atoms with van der Waals surface area (Å²) in [5.74, 6) is 2.12. The SMILES string of the molecule is CCS(=O)(=O)NCC1C(CN(C)[C@H]2CCCc3cccnc32)N=C2C=CC=C(N3CCN(C)CC3)N21. The monoisotopic (exact) mass is 513 g/mol. The Bertz CT molecular complexity index is 1140. The molecule has 0 saturated carbocycles. The van der Waals surface area contributed by atoms with E-state index in [2.05, 4.69) is 62.7 Å². The van der Waals surface area contributed by atoms with Gasteiger partial charge in [-0.05, 0) is 64.1 Å². The Morgan fingerprint density at radius 2 is 2.03 bits per heavy atom. The van der Waals surface area contributed by atoms with Crippen LogP contribution in [0.4, 0.5) is 0 Å². The number of pyridine rings is 1. The summed E-state index contributed by atoms with van der Waals surface area (Å²) in [4.78, 5) is 19.3. The molecular weight excluding hydrogens is 474 g/mol. The number of aromatic nitrogens is 1. The highest BCUT2D eigenvalue weighted by atomic mass is 32.2. The van der Waals surface area contributed by atoms with Gasteiger partial charge in [0.25, 0.3) is 0 Å². The minimum absolute atomic E-state index is 0.0581. The molecule has 3 aliphatic heterocycles. The number of nitrogens with zero attached hydrogens (tertiary/aromatic N) is 6. The third-order valence-corrected chi connectivity index (χ3v) is 9.32. The van der Waals surface area contributed by atoms with Gasteiger partial charge < -0.3 is 14.7 Å². The van der Waals surface area contributed by atoms with Crippen LogP contribution in [0.2, 0.25) is 0 Å². The molecule has 196 valence electrons. The van der Waals surface area contributed by atoms with Crippen LogP contribution in [-0.2, 0) is 16.4 Å². The summed E-state index contributed by atoms with van der Waals surface area (Å²) >= 11 is 0. The summed E-state index contributed by atoms with van der Waals surface area (Å²) < 4.78 is 27.7. The van der Waals surface area contributed by atoms with Crippen molar-refractivity contribution in [1.29, 1.82) is 0 Å². The van der Waals surface area contributed by atoms with Crippen LogP contribution in [0.3, 0.4) is 0 Å². The molecule has 4 heterocycles. The van der Waals surface area contributed by atoms with E-state index < -0.39 is 10.0 Å². The van der Waals surface area contributed by atoms with Crippen LogP contribution in [0.25, 0.3) is 0 Å². The van der Waals surface area contributed by atoms with Crippen LogP contribution in [0.15, 0.2) is 47.4 Å². The number of fused-ring (bicyclic) bond motifs is 2. The average molecular weight is 514 g/mol. The quantitative estimate of drug-likeness (QED) is 0.563. The second-order valence-corrected chi connectivity index (χ2v) is 12.4. The highest BCUT2D eigenvalue weighted by Crippen LogP contribution is 2.34. The molecule has 1 aromatic heterocycles. The van der Waals surface area contributed by atoms with Gasteiger partial charge in [0.15, 0.2) is 0 Å². The van der Waals surface area contributed by atoms with Crippen molar-refractivity contribution < 1.29 is 8.42 Å². The van der Waals surface area contributed by atoms with E-state index in [0.717, 1.165) is 63.6 Å². The van der Waals surface area contributed by atoms with Crippen molar-refractivity contribution in [1.82, 2.24) is 29.3 Å². The average Bonchev–Trinajstić information content (AvgIpc) is 3.24. The zero-order chi connectivity index (χ0) is 25.3. The van der Waals surface area contributed by atoms with E-state index in [0.29, 0.717) is 6.54 Å². The number of hydrogen-bond donors (Lipinski definition) is 1. The van der Waals surface area contributed by atoms with Crippen LogP contribution in [0.1, 0.15) is 37.1 Å². The van der Waals surface area contributed by atoms with Crippen molar-refractivity contribution in [2.75, 3.05) is 59.1 Å². The molecule has 0 bridgehead atoms.